The smallest absolute Gasteiger partial charge is 0.384 e. The van der Waals surface area contributed by atoms with Gasteiger partial charge in [-0.25, -0.2) is 18.6 Å². The Balaban J connectivity index is 1.69. The van der Waals surface area contributed by atoms with Gasteiger partial charge in [-0.3, -0.25) is 0 Å². The number of hydrogen-bond donors (Lipinski definition) is 2. The van der Waals surface area contributed by atoms with Crippen LogP contribution < -0.4 is 11.0 Å². The van der Waals surface area contributed by atoms with Crippen LogP contribution in [0, 0.1) is 11.6 Å². The Kier molecular flexibility index (Phi) is 4.00. The van der Waals surface area contributed by atoms with Crippen LogP contribution in [0.4, 0.5) is 20.3 Å². The van der Waals surface area contributed by atoms with Gasteiger partial charge < -0.3 is 10.5 Å². The molecule has 6 nitrogen and oxygen atoms in total. The van der Waals surface area contributed by atoms with Crippen molar-refractivity contribution in [3.63, 3.8) is 0 Å². The van der Waals surface area contributed by atoms with Gasteiger partial charge >= 0.3 is 5.69 Å². The number of nitrogens with zero attached hydrogens (tertiary/aromatic N) is 3. The third-order valence-electron chi connectivity index (χ3n) is 3.97. The van der Waals surface area contributed by atoms with E-state index >= 15 is 0 Å². The van der Waals surface area contributed by atoms with Crippen LogP contribution in [0.3, 0.4) is 0 Å². The maximum Gasteiger partial charge on any atom is 0.384 e. The van der Waals surface area contributed by atoms with Crippen LogP contribution in [0.15, 0.2) is 65.6 Å². The molecule has 0 unspecified atom stereocenters. The highest BCUT2D eigenvalue weighted by atomic mass is 19.1. The zero-order valence-corrected chi connectivity index (χ0v) is 13.7. The number of rotatable bonds is 3. The standard InChI is InChI=1S/C19H12F2N4O2/c20-13-8-12(9-14(21)10-13)11-3-5-15(6-4-11)23-17-16-2-1-7-22-18(16)25(27)19(26)24-17/h1-10,27H,(H,23,24,26). The predicted molar refractivity (Wildman–Crippen MR) is 96.1 cm³/mol. The van der Waals surface area contributed by atoms with Crippen molar-refractivity contribution in [3.05, 3.63) is 82.9 Å². The number of fused-ring (bicyclic) bond motifs is 1. The fourth-order valence-electron chi connectivity index (χ4n) is 2.74. The number of nitrogens with one attached hydrogen (secondary N) is 1. The molecule has 134 valence electrons. The largest absolute Gasteiger partial charge is 0.422 e. The van der Waals surface area contributed by atoms with Crippen LogP contribution in [-0.4, -0.2) is 19.9 Å². The second-order valence-electron chi connectivity index (χ2n) is 5.79. The van der Waals surface area contributed by atoms with Gasteiger partial charge in [0.15, 0.2) is 5.65 Å². The first-order valence-electron chi connectivity index (χ1n) is 7.92. The molecule has 0 radical (unpaired) electrons. The van der Waals surface area contributed by atoms with Gasteiger partial charge in [-0.05, 0) is 47.5 Å². The summed E-state index contributed by atoms with van der Waals surface area (Å²) < 4.78 is 27.1. The molecule has 0 saturated heterocycles. The van der Waals surface area contributed by atoms with E-state index in [1.165, 1.54) is 18.3 Å². The van der Waals surface area contributed by atoms with Crippen LogP contribution in [0.5, 0.6) is 0 Å². The first-order valence-corrected chi connectivity index (χ1v) is 7.92. The van der Waals surface area contributed by atoms with Crippen molar-refractivity contribution in [1.29, 1.82) is 0 Å². The molecule has 0 fully saturated rings. The molecule has 0 spiro atoms. The van der Waals surface area contributed by atoms with Crippen molar-refractivity contribution in [3.8, 4) is 11.1 Å². The predicted octanol–water partition coefficient (Wildman–Crippen LogP) is 3.72. The maximum absolute atomic E-state index is 13.4. The number of benzene rings is 2. The van der Waals surface area contributed by atoms with Gasteiger partial charge in [0.2, 0.25) is 0 Å². The highest BCUT2D eigenvalue weighted by Gasteiger charge is 2.11. The summed E-state index contributed by atoms with van der Waals surface area (Å²) in [6.45, 7) is 0. The summed E-state index contributed by atoms with van der Waals surface area (Å²) in [5.41, 5.74) is 0.852. The van der Waals surface area contributed by atoms with Crippen molar-refractivity contribution < 1.29 is 14.0 Å². The average Bonchev–Trinajstić information content (AvgIpc) is 2.66. The molecule has 0 aliphatic heterocycles. The van der Waals surface area contributed by atoms with Crippen molar-refractivity contribution >= 4 is 22.5 Å². The summed E-state index contributed by atoms with van der Waals surface area (Å²) in [6.07, 6.45) is 1.45. The Labute approximate surface area is 151 Å². The lowest BCUT2D eigenvalue weighted by atomic mass is 10.1. The lowest BCUT2D eigenvalue weighted by Crippen LogP contribution is -2.23. The SMILES string of the molecule is O=c1nc(Nc2ccc(-c3cc(F)cc(F)c3)cc2)c2cccnc2n1O. The van der Waals surface area contributed by atoms with Crippen molar-refractivity contribution in [2.75, 3.05) is 5.32 Å². The minimum Gasteiger partial charge on any atom is -0.422 e. The van der Waals surface area contributed by atoms with Gasteiger partial charge in [-0.2, -0.15) is 4.98 Å². The first kappa shape index (κ1) is 16.6. The number of anilines is 2. The minimum absolute atomic E-state index is 0.0758. The van der Waals surface area contributed by atoms with E-state index in [4.69, 9.17) is 0 Å². The Morgan fingerprint density at radius 2 is 1.67 bits per heavy atom. The van der Waals surface area contributed by atoms with Gasteiger partial charge in [-0.15, -0.1) is 4.73 Å². The molecule has 4 aromatic rings. The molecule has 0 amide bonds. The molecule has 2 aromatic heterocycles. The third-order valence-corrected chi connectivity index (χ3v) is 3.97. The summed E-state index contributed by atoms with van der Waals surface area (Å²) in [6, 6.07) is 13.4. The van der Waals surface area contributed by atoms with Crippen LogP contribution in [0.2, 0.25) is 0 Å². The zero-order chi connectivity index (χ0) is 19.0. The lowest BCUT2D eigenvalue weighted by molar-refractivity contribution is 0.182. The molecule has 0 aliphatic carbocycles. The van der Waals surface area contributed by atoms with Crippen LogP contribution in [-0.2, 0) is 0 Å². The quantitative estimate of drug-likeness (QED) is 0.540. The highest BCUT2D eigenvalue weighted by Crippen LogP contribution is 2.26. The topological polar surface area (TPSA) is 80.0 Å². The second-order valence-corrected chi connectivity index (χ2v) is 5.79. The van der Waals surface area contributed by atoms with Gasteiger partial charge in [0.1, 0.15) is 17.5 Å². The molecule has 4 rings (SSSR count). The summed E-state index contributed by atoms with van der Waals surface area (Å²) in [5.74, 6) is -1.07. The number of halogens is 2. The molecule has 2 aromatic carbocycles. The Hall–Kier alpha value is -3.81. The average molecular weight is 366 g/mol. The molecule has 0 aliphatic rings. The molecule has 0 bridgehead atoms. The normalized spacial score (nSPS) is 10.9. The molecular weight excluding hydrogens is 354 g/mol. The summed E-state index contributed by atoms with van der Waals surface area (Å²) in [5, 5.41) is 13.2. The zero-order valence-electron chi connectivity index (χ0n) is 13.7. The number of hydrogen-bond acceptors (Lipinski definition) is 5. The van der Waals surface area contributed by atoms with E-state index in [0.717, 1.165) is 6.07 Å². The van der Waals surface area contributed by atoms with Gasteiger partial charge in [0.25, 0.3) is 0 Å². The molecule has 0 atom stereocenters. The second kappa shape index (κ2) is 6.49. The van der Waals surface area contributed by atoms with Crippen molar-refractivity contribution in [1.82, 2.24) is 14.7 Å². The monoisotopic (exact) mass is 366 g/mol. The molecule has 0 saturated carbocycles. The Morgan fingerprint density at radius 1 is 0.963 bits per heavy atom. The fraction of sp³-hybridized carbons (Fsp3) is 0. The van der Waals surface area contributed by atoms with E-state index in [-0.39, 0.29) is 11.5 Å². The first-order chi connectivity index (χ1) is 13.0. The minimum atomic E-state index is -0.865. The molecule has 8 heteroatoms. The van der Waals surface area contributed by atoms with E-state index < -0.39 is 17.3 Å². The van der Waals surface area contributed by atoms with E-state index in [0.29, 0.717) is 26.9 Å². The van der Waals surface area contributed by atoms with E-state index in [1.807, 2.05) is 0 Å². The Morgan fingerprint density at radius 3 is 2.37 bits per heavy atom. The van der Waals surface area contributed by atoms with Crippen LogP contribution in [0.1, 0.15) is 0 Å². The van der Waals surface area contributed by atoms with Gasteiger partial charge in [0, 0.05) is 18.0 Å². The summed E-state index contributed by atoms with van der Waals surface area (Å²) in [4.78, 5) is 19.6. The summed E-state index contributed by atoms with van der Waals surface area (Å²) >= 11 is 0. The van der Waals surface area contributed by atoms with Crippen LogP contribution in [0.25, 0.3) is 22.2 Å². The molecule has 2 heterocycles. The van der Waals surface area contributed by atoms with Gasteiger partial charge in [-0.1, -0.05) is 12.1 Å². The maximum atomic E-state index is 13.4. The van der Waals surface area contributed by atoms with Crippen molar-refractivity contribution in [2.24, 2.45) is 0 Å². The van der Waals surface area contributed by atoms with E-state index in [9.17, 15) is 18.8 Å². The highest BCUT2D eigenvalue weighted by molar-refractivity contribution is 5.88. The fourth-order valence-corrected chi connectivity index (χ4v) is 2.74. The van der Waals surface area contributed by atoms with E-state index in [1.54, 1.807) is 36.4 Å². The Bertz CT molecular complexity index is 1190. The lowest BCUT2D eigenvalue weighted by Gasteiger charge is -2.10. The summed E-state index contributed by atoms with van der Waals surface area (Å²) in [7, 11) is 0. The third kappa shape index (κ3) is 3.20. The van der Waals surface area contributed by atoms with Gasteiger partial charge in [0.05, 0.1) is 5.39 Å². The number of pyridine rings is 1. The molecular formula is C19H12F2N4O2. The van der Waals surface area contributed by atoms with Crippen molar-refractivity contribution in [2.45, 2.75) is 0 Å². The molecule has 2 N–H and O–H groups in total. The molecule has 27 heavy (non-hydrogen) atoms. The number of aromatic nitrogens is 3. The van der Waals surface area contributed by atoms with E-state index in [2.05, 4.69) is 15.3 Å². The van der Waals surface area contributed by atoms with Crippen LogP contribution >= 0.6 is 0 Å².